The van der Waals surface area contributed by atoms with E-state index in [-0.39, 0.29) is 5.82 Å². The zero-order valence-electron chi connectivity index (χ0n) is 11.2. The fraction of sp³-hybridized carbons (Fsp3) is 0.0667. The molecule has 0 fully saturated rings. The molecule has 0 aliphatic heterocycles. The third kappa shape index (κ3) is 1.92. The summed E-state index contributed by atoms with van der Waals surface area (Å²) in [6, 6.07) is 6.32. The van der Waals surface area contributed by atoms with Gasteiger partial charge in [0.05, 0.1) is 18.0 Å². The summed E-state index contributed by atoms with van der Waals surface area (Å²) in [4.78, 5) is 17.3. The normalized spacial score (nSPS) is 11.3. The van der Waals surface area contributed by atoms with Crippen LogP contribution in [-0.4, -0.2) is 24.5 Å². The number of pyridine rings is 1. The largest absolute Gasteiger partial charge is 0.331 e. The van der Waals surface area contributed by atoms with Crippen LogP contribution in [0.15, 0.2) is 43.0 Å². The lowest BCUT2D eigenvalue weighted by Gasteiger charge is -2.02. The second-order valence-corrected chi connectivity index (χ2v) is 4.82. The van der Waals surface area contributed by atoms with Gasteiger partial charge in [0.15, 0.2) is 11.5 Å². The molecule has 0 amide bonds. The van der Waals surface area contributed by atoms with E-state index < -0.39 is 0 Å². The summed E-state index contributed by atoms with van der Waals surface area (Å²) >= 11 is 0. The quantitative estimate of drug-likeness (QED) is 0.537. The van der Waals surface area contributed by atoms with E-state index >= 15 is 0 Å². The Hall–Kier alpha value is -2.89. The summed E-state index contributed by atoms with van der Waals surface area (Å²) in [6.45, 7) is 0. The van der Waals surface area contributed by atoms with Gasteiger partial charge in [0.25, 0.3) is 0 Å². The van der Waals surface area contributed by atoms with Crippen molar-refractivity contribution in [3.8, 4) is 11.4 Å². The Kier molecular flexibility index (Phi) is 2.44. The lowest BCUT2D eigenvalue weighted by Crippen LogP contribution is -1.93. The van der Waals surface area contributed by atoms with E-state index in [1.54, 1.807) is 24.8 Å². The molecule has 21 heavy (non-hydrogen) atoms. The van der Waals surface area contributed by atoms with E-state index in [4.69, 9.17) is 0 Å². The highest BCUT2D eigenvalue weighted by molar-refractivity contribution is 5.83. The Labute approximate surface area is 119 Å². The van der Waals surface area contributed by atoms with Crippen molar-refractivity contribution in [3.63, 3.8) is 0 Å². The summed E-state index contributed by atoms with van der Waals surface area (Å²) in [5.74, 6) is 0.238. The van der Waals surface area contributed by atoms with Gasteiger partial charge in [-0.25, -0.2) is 19.3 Å². The van der Waals surface area contributed by atoms with Crippen molar-refractivity contribution in [2.24, 2.45) is 7.05 Å². The maximum Gasteiger partial charge on any atom is 0.181 e. The fourth-order valence-corrected chi connectivity index (χ4v) is 2.28. The molecule has 4 rings (SSSR count). The number of rotatable bonds is 1. The molecule has 0 atom stereocenters. The smallest absolute Gasteiger partial charge is 0.181 e. The number of benzene rings is 1. The Morgan fingerprint density at radius 3 is 2.86 bits per heavy atom. The minimum atomic E-state index is -0.289. The van der Waals surface area contributed by atoms with Gasteiger partial charge in [-0.05, 0) is 24.3 Å². The topological polar surface area (TPSA) is 56.5 Å². The van der Waals surface area contributed by atoms with Crippen molar-refractivity contribution >= 4 is 22.1 Å². The minimum Gasteiger partial charge on any atom is -0.331 e. The van der Waals surface area contributed by atoms with Gasteiger partial charge in [-0.3, -0.25) is 4.98 Å². The van der Waals surface area contributed by atoms with Gasteiger partial charge >= 0.3 is 0 Å². The van der Waals surface area contributed by atoms with Crippen molar-refractivity contribution in [1.29, 1.82) is 0 Å². The maximum atomic E-state index is 13.3. The van der Waals surface area contributed by atoms with Crippen LogP contribution < -0.4 is 0 Å². The second kappa shape index (κ2) is 4.31. The van der Waals surface area contributed by atoms with Crippen LogP contribution in [-0.2, 0) is 7.05 Å². The van der Waals surface area contributed by atoms with E-state index in [2.05, 4.69) is 19.9 Å². The molecule has 0 unspecified atom stereocenters. The molecule has 0 bridgehead atoms. The van der Waals surface area contributed by atoms with Crippen molar-refractivity contribution < 1.29 is 4.39 Å². The third-order valence-electron chi connectivity index (χ3n) is 3.38. The number of hydrogen-bond donors (Lipinski definition) is 0. The molecule has 3 aromatic heterocycles. The molecule has 5 nitrogen and oxygen atoms in total. The van der Waals surface area contributed by atoms with Crippen molar-refractivity contribution in [3.05, 3.63) is 48.8 Å². The molecule has 0 N–H and O–H groups in total. The lowest BCUT2D eigenvalue weighted by atomic mass is 10.1. The monoisotopic (exact) mass is 279 g/mol. The highest BCUT2D eigenvalue weighted by Gasteiger charge is 2.08. The van der Waals surface area contributed by atoms with Gasteiger partial charge in [0, 0.05) is 24.2 Å². The number of aromatic nitrogens is 5. The van der Waals surface area contributed by atoms with E-state index in [9.17, 15) is 4.39 Å². The second-order valence-electron chi connectivity index (χ2n) is 4.82. The third-order valence-corrected chi connectivity index (χ3v) is 3.38. The Balaban J connectivity index is 1.90. The van der Waals surface area contributed by atoms with E-state index in [1.165, 1.54) is 12.1 Å². The highest BCUT2D eigenvalue weighted by atomic mass is 19.1. The number of aryl methyl sites for hydroxylation is 1. The first-order valence-corrected chi connectivity index (χ1v) is 6.40. The molecule has 0 radical (unpaired) electrons. The Morgan fingerprint density at radius 1 is 1.05 bits per heavy atom. The molecule has 4 aromatic rings. The molecule has 0 spiro atoms. The van der Waals surface area contributed by atoms with Gasteiger partial charge in [0.2, 0.25) is 0 Å². The zero-order valence-corrected chi connectivity index (χ0v) is 11.2. The van der Waals surface area contributed by atoms with Gasteiger partial charge < -0.3 is 4.57 Å². The van der Waals surface area contributed by atoms with Crippen LogP contribution in [0.3, 0.4) is 0 Å². The molecule has 0 aliphatic rings. The summed E-state index contributed by atoms with van der Waals surface area (Å²) in [6.07, 6.45) is 5.10. The zero-order chi connectivity index (χ0) is 14.4. The molecule has 0 aliphatic carbocycles. The summed E-state index contributed by atoms with van der Waals surface area (Å²) in [7, 11) is 1.89. The van der Waals surface area contributed by atoms with Gasteiger partial charge in [-0.2, -0.15) is 0 Å². The van der Waals surface area contributed by atoms with E-state index in [1.807, 2.05) is 17.7 Å². The van der Waals surface area contributed by atoms with Gasteiger partial charge in [-0.1, -0.05) is 0 Å². The summed E-state index contributed by atoms with van der Waals surface area (Å²) < 4.78 is 15.2. The van der Waals surface area contributed by atoms with Crippen molar-refractivity contribution in [2.45, 2.75) is 0 Å². The molecule has 6 heteroatoms. The number of imidazole rings is 1. The lowest BCUT2D eigenvalue weighted by molar-refractivity contribution is 0.629. The highest BCUT2D eigenvalue weighted by Crippen LogP contribution is 2.21. The minimum absolute atomic E-state index is 0.289. The van der Waals surface area contributed by atoms with Crippen LogP contribution in [0.4, 0.5) is 4.39 Å². The number of nitrogens with zero attached hydrogens (tertiary/aromatic N) is 5. The number of fused-ring (bicyclic) bond motifs is 2. The van der Waals surface area contributed by atoms with Crippen LogP contribution in [0.1, 0.15) is 0 Å². The fourth-order valence-electron chi connectivity index (χ4n) is 2.28. The average Bonchev–Trinajstić information content (AvgIpc) is 2.87. The van der Waals surface area contributed by atoms with Crippen LogP contribution in [0.25, 0.3) is 33.5 Å². The summed E-state index contributed by atoms with van der Waals surface area (Å²) in [5.41, 5.74) is 2.96. The van der Waals surface area contributed by atoms with Crippen molar-refractivity contribution in [1.82, 2.24) is 24.5 Å². The molecule has 102 valence electrons. The van der Waals surface area contributed by atoms with Gasteiger partial charge in [0.1, 0.15) is 11.3 Å². The van der Waals surface area contributed by atoms with Crippen LogP contribution in [0.5, 0.6) is 0 Å². The molecule has 3 heterocycles. The van der Waals surface area contributed by atoms with E-state index in [0.717, 1.165) is 22.0 Å². The molecule has 1 aromatic carbocycles. The first kappa shape index (κ1) is 11.9. The number of halogens is 1. The van der Waals surface area contributed by atoms with Crippen LogP contribution in [0, 0.1) is 5.82 Å². The standard InChI is InChI=1S/C15H10FN5/c1-21-8-19-15-13(21)7-18-14(20-15)10-4-9-5-11(16)2-3-12(9)17-6-10/h2-8H,1H3. The van der Waals surface area contributed by atoms with Crippen molar-refractivity contribution in [2.75, 3.05) is 0 Å². The predicted molar refractivity (Wildman–Crippen MR) is 77.0 cm³/mol. The molecule has 0 saturated heterocycles. The van der Waals surface area contributed by atoms with Crippen LogP contribution in [0.2, 0.25) is 0 Å². The van der Waals surface area contributed by atoms with Crippen LogP contribution >= 0.6 is 0 Å². The van der Waals surface area contributed by atoms with E-state index in [0.29, 0.717) is 11.5 Å². The Bertz CT molecular complexity index is 976. The first-order chi connectivity index (χ1) is 10.2. The predicted octanol–water partition coefficient (Wildman–Crippen LogP) is 2.72. The number of hydrogen-bond acceptors (Lipinski definition) is 4. The molecular weight excluding hydrogens is 269 g/mol. The Morgan fingerprint density at radius 2 is 1.95 bits per heavy atom. The first-order valence-electron chi connectivity index (χ1n) is 6.40. The molecular formula is C15H10FN5. The summed E-state index contributed by atoms with van der Waals surface area (Å²) in [5, 5.41) is 0.720. The maximum absolute atomic E-state index is 13.3. The average molecular weight is 279 g/mol. The van der Waals surface area contributed by atoms with Gasteiger partial charge in [-0.15, -0.1) is 0 Å². The molecule has 0 saturated carbocycles. The SMILES string of the molecule is Cn1cnc2nc(-c3cnc4ccc(F)cc4c3)ncc21.